The maximum Gasteiger partial charge on any atom is 0.433 e. The summed E-state index contributed by atoms with van der Waals surface area (Å²) in [6.07, 6.45) is -9.66. The van der Waals surface area contributed by atoms with Gasteiger partial charge in [-0.25, -0.2) is 4.98 Å². The third kappa shape index (κ3) is 4.97. The number of carbonyl (C=O) groups is 1. The Morgan fingerprint density at radius 1 is 1.04 bits per heavy atom. The lowest BCUT2D eigenvalue weighted by Gasteiger charge is -2.15. The molecule has 0 fully saturated rings. The Balaban J connectivity index is 2.43. The first kappa shape index (κ1) is 19.3. The molecule has 0 unspecified atom stereocenters. The molecule has 6 nitrogen and oxygen atoms in total. The van der Waals surface area contributed by atoms with Gasteiger partial charge in [-0.3, -0.25) is 4.79 Å². The number of rotatable bonds is 5. The second-order valence-electron chi connectivity index (χ2n) is 4.88. The van der Waals surface area contributed by atoms with Crippen molar-refractivity contribution in [3.8, 4) is 0 Å². The van der Waals surface area contributed by atoms with E-state index in [4.69, 9.17) is 5.11 Å². The molecule has 1 aromatic heterocycles. The lowest BCUT2D eigenvalue weighted by atomic mass is 10.1. The van der Waals surface area contributed by atoms with Crippen molar-refractivity contribution >= 4 is 23.4 Å². The molecule has 0 saturated carbocycles. The molecule has 0 aliphatic rings. The standard InChI is InChI=1S/C14H10F6N4O2/c15-13(16,17)7-3-1-2-4-8(7)22-10-5-9(14(18,19)20)23-12(24-10)21-6-11(25)26/h1-5H,6H2,(H,25,26)(H2,21,22,23,24). The van der Waals surface area contributed by atoms with Crippen molar-refractivity contribution in [3.63, 3.8) is 0 Å². The van der Waals surface area contributed by atoms with Crippen LogP contribution in [0.2, 0.25) is 0 Å². The van der Waals surface area contributed by atoms with E-state index >= 15 is 0 Å². The maximum atomic E-state index is 13.0. The maximum absolute atomic E-state index is 13.0. The zero-order valence-electron chi connectivity index (χ0n) is 12.6. The van der Waals surface area contributed by atoms with E-state index in [-0.39, 0.29) is 0 Å². The average molecular weight is 380 g/mol. The van der Waals surface area contributed by atoms with Crippen molar-refractivity contribution in [2.45, 2.75) is 12.4 Å². The Bertz CT molecular complexity index is 807. The molecule has 2 aromatic rings. The number of nitrogens with one attached hydrogen (secondary N) is 2. The highest BCUT2D eigenvalue weighted by Crippen LogP contribution is 2.36. The van der Waals surface area contributed by atoms with Crippen LogP contribution in [0.25, 0.3) is 0 Å². The van der Waals surface area contributed by atoms with Gasteiger partial charge in [0.2, 0.25) is 5.95 Å². The predicted octanol–water partition coefficient (Wildman–Crippen LogP) is 3.75. The number of anilines is 3. The van der Waals surface area contributed by atoms with Crippen LogP contribution in [-0.2, 0) is 17.1 Å². The Morgan fingerprint density at radius 3 is 2.27 bits per heavy atom. The van der Waals surface area contributed by atoms with Crippen molar-refractivity contribution in [2.75, 3.05) is 17.2 Å². The first-order chi connectivity index (χ1) is 12.0. The van der Waals surface area contributed by atoms with Gasteiger partial charge in [0.05, 0.1) is 11.3 Å². The third-order valence-electron chi connectivity index (χ3n) is 2.91. The summed E-state index contributed by atoms with van der Waals surface area (Å²) in [4.78, 5) is 17.2. The minimum absolute atomic E-state index is 0.416. The molecular formula is C14H10F6N4O2. The zero-order valence-corrected chi connectivity index (χ0v) is 12.6. The second-order valence-corrected chi connectivity index (χ2v) is 4.88. The first-order valence-corrected chi connectivity index (χ1v) is 6.82. The molecule has 0 radical (unpaired) electrons. The van der Waals surface area contributed by atoms with Gasteiger partial charge < -0.3 is 15.7 Å². The van der Waals surface area contributed by atoms with E-state index in [0.717, 1.165) is 18.2 Å². The van der Waals surface area contributed by atoms with Gasteiger partial charge in [0.15, 0.2) is 5.69 Å². The average Bonchev–Trinajstić information content (AvgIpc) is 2.51. The molecule has 0 bridgehead atoms. The number of hydrogen-bond donors (Lipinski definition) is 3. The van der Waals surface area contributed by atoms with Crippen LogP contribution in [0.15, 0.2) is 30.3 Å². The Morgan fingerprint density at radius 2 is 1.69 bits per heavy atom. The molecule has 0 aliphatic heterocycles. The summed E-state index contributed by atoms with van der Waals surface area (Å²) >= 11 is 0. The number of alkyl halides is 6. The highest BCUT2D eigenvalue weighted by atomic mass is 19.4. The molecule has 1 aromatic carbocycles. The molecule has 140 valence electrons. The third-order valence-corrected chi connectivity index (χ3v) is 2.91. The van der Waals surface area contributed by atoms with Crippen LogP contribution in [0.5, 0.6) is 0 Å². The number of aromatic nitrogens is 2. The zero-order chi connectivity index (χ0) is 19.5. The molecule has 26 heavy (non-hydrogen) atoms. The number of halogens is 6. The van der Waals surface area contributed by atoms with E-state index < -0.39 is 53.6 Å². The van der Waals surface area contributed by atoms with E-state index in [1.54, 1.807) is 0 Å². The van der Waals surface area contributed by atoms with Gasteiger partial charge in [-0.1, -0.05) is 12.1 Å². The quantitative estimate of drug-likeness (QED) is 0.685. The molecule has 0 atom stereocenters. The van der Waals surface area contributed by atoms with Crippen molar-refractivity contribution in [1.29, 1.82) is 0 Å². The van der Waals surface area contributed by atoms with E-state index in [1.165, 1.54) is 6.07 Å². The van der Waals surface area contributed by atoms with Gasteiger partial charge in [0.25, 0.3) is 0 Å². The van der Waals surface area contributed by atoms with Crippen LogP contribution >= 0.6 is 0 Å². The summed E-state index contributed by atoms with van der Waals surface area (Å²) in [6.45, 7) is -0.778. The fourth-order valence-electron chi connectivity index (χ4n) is 1.87. The molecule has 3 N–H and O–H groups in total. The van der Waals surface area contributed by atoms with E-state index in [1.807, 2.05) is 5.32 Å². The summed E-state index contributed by atoms with van der Waals surface area (Å²) in [6, 6.07) is 4.56. The van der Waals surface area contributed by atoms with Gasteiger partial charge in [-0.05, 0) is 12.1 Å². The second kappa shape index (κ2) is 7.06. The molecule has 12 heteroatoms. The summed E-state index contributed by atoms with van der Waals surface area (Å²) in [7, 11) is 0. The normalized spacial score (nSPS) is 11.9. The molecule has 0 spiro atoms. The Kier molecular flexibility index (Phi) is 5.23. The minimum Gasteiger partial charge on any atom is -0.480 e. The van der Waals surface area contributed by atoms with E-state index in [9.17, 15) is 31.1 Å². The van der Waals surface area contributed by atoms with Crippen molar-refractivity contribution in [3.05, 3.63) is 41.6 Å². The molecule has 0 saturated heterocycles. The highest BCUT2D eigenvalue weighted by Gasteiger charge is 2.35. The van der Waals surface area contributed by atoms with E-state index in [0.29, 0.717) is 6.07 Å². The number of aliphatic carboxylic acids is 1. The van der Waals surface area contributed by atoms with Gasteiger partial charge in [0, 0.05) is 6.07 Å². The van der Waals surface area contributed by atoms with Crippen LogP contribution < -0.4 is 10.6 Å². The molecule has 0 amide bonds. The largest absolute Gasteiger partial charge is 0.480 e. The minimum atomic E-state index is -4.91. The summed E-state index contributed by atoms with van der Waals surface area (Å²) < 4.78 is 77.7. The topological polar surface area (TPSA) is 87.1 Å². The number of nitrogens with zero attached hydrogens (tertiary/aromatic N) is 2. The number of carboxylic acid groups (broad SMARTS) is 1. The molecule has 2 rings (SSSR count). The SMILES string of the molecule is O=C(O)CNc1nc(Nc2ccccc2C(F)(F)F)cc(C(F)(F)F)n1. The number of benzene rings is 1. The highest BCUT2D eigenvalue weighted by molar-refractivity contribution is 5.72. The van der Waals surface area contributed by atoms with Gasteiger partial charge in [-0.15, -0.1) is 0 Å². The Labute approximate surface area is 141 Å². The smallest absolute Gasteiger partial charge is 0.433 e. The monoisotopic (exact) mass is 380 g/mol. The number of para-hydroxylation sites is 1. The van der Waals surface area contributed by atoms with Crippen LogP contribution in [0.4, 0.5) is 43.8 Å². The van der Waals surface area contributed by atoms with Gasteiger partial charge in [0.1, 0.15) is 12.4 Å². The van der Waals surface area contributed by atoms with Crippen molar-refractivity contribution in [2.24, 2.45) is 0 Å². The van der Waals surface area contributed by atoms with Gasteiger partial charge in [-0.2, -0.15) is 31.3 Å². The number of carboxylic acids is 1. The summed E-state index contributed by atoms with van der Waals surface area (Å²) in [5.74, 6) is -2.67. The van der Waals surface area contributed by atoms with Crippen LogP contribution in [-0.4, -0.2) is 27.6 Å². The summed E-state index contributed by atoms with van der Waals surface area (Å²) in [5.41, 5.74) is -3.07. The number of hydrogen-bond acceptors (Lipinski definition) is 5. The lowest BCUT2D eigenvalue weighted by molar-refractivity contribution is -0.141. The lowest BCUT2D eigenvalue weighted by Crippen LogP contribution is -2.18. The molecule has 0 aliphatic carbocycles. The van der Waals surface area contributed by atoms with Crippen LogP contribution in [0.3, 0.4) is 0 Å². The molecular weight excluding hydrogens is 370 g/mol. The van der Waals surface area contributed by atoms with Crippen molar-refractivity contribution in [1.82, 2.24) is 9.97 Å². The summed E-state index contributed by atoms with van der Waals surface area (Å²) in [5, 5.41) is 12.8. The predicted molar refractivity (Wildman–Crippen MR) is 77.9 cm³/mol. The van der Waals surface area contributed by atoms with Crippen LogP contribution in [0.1, 0.15) is 11.3 Å². The fraction of sp³-hybridized carbons (Fsp3) is 0.214. The molecule has 1 heterocycles. The van der Waals surface area contributed by atoms with Crippen LogP contribution in [0, 0.1) is 0 Å². The van der Waals surface area contributed by atoms with Crippen molar-refractivity contribution < 1.29 is 36.2 Å². The van der Waals surface area contributed by atoms with Gasteiger partial charge >= 0.3 is 18.3 Å². The fourth-order valence-corrected chi connectivity index (χ4v) is 1.87. The Hall–Kier alpha value is -3.05. The first-order valence-electron chi connectivity index (χ1n) is 6.82. The van der Waals surface area contributed by atoms with E-state index in [2.05, 4.69) is 15.3 Å².